The average Bonchev–Trinajstić information content (AvgIpc) is 2.92. The van der Waals surface area contributed by atoms with Gasteiger partial charge in [-0.2, -0.15) is 5.10 Å². The van der Waals surface area contributed by atoms with Crippen molar-refractivity contribution in [1.29, 1.82) is 0 Å². The molecule has 5 nitrogen and oxygen atoms in total. The molecule has 0 aliphatic carbocycles. The second-order valence-corrected chi connectivity index (χ2v) is 6.35. The first kappa shape index (κ1) is 16.3. The molecular weight excluding hydrogens is 350 g/mol. The van der Waals surface area contributed by atoms with Crippen LogP contribution in [0.2, 0.25) is 5.02 Å². The van der Waals surface area contributed by atoms with Crippen LogP contribution in [0.4, 0.5) is 5.69 Å². The van der Waals surface area contributed by atoms with Crippen molar-refractivity contribution >= 4 is 46.1 Å². The van der Waals surface area contributed by atoms with Crippen molar-refractivity contribution in [2.24, 2.45) is 5.10 Å². The van der Waals surface area contributed by atoms with Gasteiger partial charge in [0.15, 0.2) is 0 Å². The van der Waals surface area contributed by atoms with Gasteiger partial charge >= 0.3 is 0 Å². The highest BCUT2D eigenvalue weighted by atomic mass is 35.5. The van der Waals surface area contributed by atoms with Crippen molar-refractivity contribution in [3.8, 4) is 0 Å². The van der Waals surface area contributed by atoms with E-state index < -0.39 is 0 Å². The van der Waals surface area contributed by atoms with Gasteiger partial charge in [-0.25, -0.2) is 5.43 Å². The SMILES string of the molecule is O=C(CN1C(=O)c2cccc3cccc1c23)N/N=C\c1ccc(Cl)cc1. The number of carbonyl (C=O) groups is 2. The zero-order chi connectivity index (χ0) is 18.1. The lowest BCUT2D eigenvalue weighted by atomic mass is 10.1. The van der Waals surface area contributed by atoms with E-state index in [4.69, 9.17) is 11.6 Å². The van der Waals surface area contributed by atoms with Crippen LogP contribution in [-0.4, -0.2) is 24.6 Å². The Labute approximate surface area is 154 Å². The van der Waals surface area contributed by atoms with Gasteiger partial charge in [0.05, 0.1) is 11.9 Å². The number of hydrogen-bond acceptors (Lipinski definition) is 3. The van der Waals surface area contributed by atoms with E-state index in [2.05, 4.69) is 10.5 Å². The minimum Gasteiger partial charge on any atom is -0.298 e. The average molecular weight is 364 g/mol. The van der Waals surface area contributed by atoms with Gasteiger partial charge in [0.2, 0.25) is 0 Å². The van der Waals surface area contributed by atoms with Crippen LogP contribution >= 0.6 is 11.6 Å². The van der Waals surface area contributed by atoms with Crippen LogP contribution in [0.15, 0.2) is 65.8 Å². The van der Waals surface area contributed by atoms with Gasteiger partial charge in [-0.3, -0.25) is 14.5 Å². The number of nitrogens with zero attached hydrogens (tertiary/aromatic N) is 2. The second kappa shape index (κ2) is 6.61. The quantitative estimate of drug-likeness (QED) is 0.568. The predicted octanol–water partition coefficient (Wildman–Crippen LogP) is 3.60. The van der Waals surface area contributed by atoms with E-state index >= 15 is 0 Å². The van der Waals surface area contributed by atoms with Gasteiger partial charge in [0.25, 0.3) is 11.8 Å². The van der Waals surface area contributed by atoms with Crippen LogP contribution in [0.5, 0.6) is 0 Å². The Morgan fingerprint density at radius 3 is 2.58 bits per heavy atom. The molecule has 0 bridgehead atoms. The molecule has 1 aliphatic rings. The maximum absolute atomic E-state index is 12.6. The summed E-state index contributed by atoms with van der Waals surface area (Å²) in [6, 6.07) is 18.3. The maximum atomic E-state index is 12.6. The summed E-state index contributed by atoms with van der Waals surface area (Å²) in [5, 5.41) is 6.43. The number of halogens is 1. The van der Waals surface area contributed by atoms with Crippen LogP contribution < -0.4 is 10.3 Å². The number of hydrazone groups is 1. The number of rotatable bonds is 4. The Morgan fingerprint density at radius 1 is 1.08 bits per heavy atom. The van der Waals surface area contributed by atoms with Gasteiger partial charge < -0.3 is 0 Å². The Hall–Kier alpha value is -3.18. The lowest BCUT2D eigenvalue weighted by Gasteiger charge is -2.16. The highest BCUT2D eigenvalue weighted by Crippen LogP contribution is 2.36. The predicted molar refractivity (Wildman–Crippen MR) is 103 cm³/mol. The fourth-order valence-corrected chi connectivity index (χ4v) is 3.17. The first-order valence-electron chi connectivity index (χ1n) is 8.04. The largest absolute Gasteiger partial charge is 0.298 e. The van der Waals surface area contributed by atoms with Crippen LogP contribution in [0.3, 0.4) is 0 Å². The molecule has 6 heteroatoms. The van der Waals surface area contributed by atoms with E-state index in [9.17, 15) is 9.59 Å². The van der Waals surface area contributed by atoms with Crippen molar-refractivity contribution in [2.75, 3.05) is 11.4 Å². The fraction of sp³-hybridized carbons (Fsp3) is 0.0500. The lowest BCUT2D eigenvalue weighted by Crippen LogP contribution is -2.37. The maximum Gasteiger partial charge on any atom is 0.260 e. The van der Waals surface area contributed by atoms with Crippen LogP contribution in [0.1, 0.15) is 15.9 Å². The molecule has 4 rings (SSSR count). The van der Waals surface area contributed by atoms with Gasteiger partial charge in [0, 0.05) is 16.0 Å². The standard InChI is InChI=1S/C20H14ClN3O2/c21-15-9-7-13(8-10-15)11-22-23-18(25)12-24-17-6-2-4-14-3-1-5-16(19(14)17)20(24)26/h1-11H,12H2,(H,23,25)/b22-11-. The third-order valence-electron chi connectivity index (χ3n) is 4.22. The second-order valence-electron chi connectivity index (χ2n) is 5.92. The van der Waals surface area contributed by atoms with Crippen LogP contribution in [0.25, 0.3) is 10.8 Å². The number of benzene rings is 3. The molecule has 26 heavy (non-hydrogen) atoms. The molecule has 3 aromatic rings. The van der Waals surface area contributed by atoms with E-state index in [1.165, 1.54) is 11.1 Å². The summed E-state index contributed by atoms with van der Waals surface area (Å²) in [7, 11) is 0. The topological polar surface area (TPSA) is 61.8 Å². The molecule has 2 amide bonds. The molecular formula is C20H14ClN3O2. The smallest absolute Gasteiger partial charge is 0.260 e. The Morgan fingerprint density at radius 2 is 1.81 bits per heavy atom. The Kier molecular flexibility index (Phi) is 4.14. The van der Waals surface area contributed by atoms with E-state index in [1.54, 1.807) is 30.3 Å². The molecule has 0 saturated heterocycles. The zero-order valence-electron chi connectivity index (χ0n) is 13.6. The number of amides is 2. The summed E-state index contributed by atoms with van der Waals surface area (Å²) in [5.74, 6) is -0.540. The Balaban J connectivity index is 1.48. The number of anilines is 1. The Bertz CT molecular complexity index is 1040. The normalized spacial score (nSPS) is 13.0. The first-order valence-corrected chi connectivity index (χ1v) is 8.42. The molecule has 0 aromatic heterocycles. The molecule has 0 fully saturated rings. The third-order valence-corrected chi connectivity index (χ3v) is 4.48. The van der Waals surface area contributed by atoms with E-state index in [0.717, 1.165) is 22.0 Å². The molecule has 1 heterocycles. The first-order chi connectivity index (χ1) is 12.6. The summed E-state index contributed by atoms with van der Waals surface area (Å²) in [5.41, 5.74) is 4.64. The fourth-order valence-electron chi connectivity index (χ4n) is 3.04. The van der Waals surface area contributed by atoms with Crippen molar-refractivity contribution in [3.63, 3.8) is 0 Å². The summed E-state index contributed by atoms with van der Waals surface area (Å²) < 4.78 is 0. The summed E-state index contributed by atoms with van der Waals surface area (Å²) in [6.07, 6.45) is 1.52. The monoisotopic (exact) mass is 363 g/mol. The minimum absolute atomic E-state index is 0.0927. The number of nitrogens with one attached hydrogen (secondary N) is 1. The molecule has 0 atom stereocenters. The van der Waals surface area contributed by atoms with Gasteiger partial charge in [-0.1, -0.05) is 48.0 Å². The molecule has 128 valence electrons. The number of carbonyl (C=O) groups excluding carboxylic acids is 2. The van der Waals surface area contributed by atoms with Crippen molar-refractivity contribution in [1.82, 2.24) is 5.43 Å². The summed E-state index contributed by atoms with van der Waals surface area (Å²) >= 11 is 5.82. The summed E-state index contributed by atoms with van der Waals surface area (Å²) in [4.78, 5) is 26.3. The third kappa shape index (κ3) is 2.93. The molecule has 3 aromatic carbocycles. The van der Waals surface area contributed by atoms with E-state index in [1.807, 2.05) is 30.3 Å². The zero-order valence-corrected chi connectivity index (χ0v) is 14.4. The van der Waals surface area contributed by atoms with Crippen molar-refractivity contribution < 1.29 is 9.59 Å². The van der Waals surface area contributed by atoms with Crippen LogP contribution in [0, 0.1) is 0 Å². The van der Waals surface area contributed by atoms with Crippen molar-refractivity contribution in [3.05, 3.63) is 76.8 Å². The number of hydrogen-bond donors (Lipinski definition) is 1. The molecule has 0 unspecified atom stereocenters. The molecule has 0 saturated carbocycles. The summed E-state index contributed by atoms with van der Waals surface area (Å²) in [6.45, 7) is -0.0927. The molecule has 0 radical (unpaired) electrons. The minimum atomic E-state index is -0.367. The van der Waals surface area contributed by atoms with Crippen molar-refractivity contribution in [2.45, 2.75) is 0 Å². The highest BCUT2D eigenvalue weighted by Gasteiger charge is 2.30. The van der Waals surface area contributed by atoms with Crippen LogP contribution in [-0.2, 0) is 4.79 Å². The molecule has 0 spiro atoms. The van der Waals surface area contributed by atoms with Gasteiger partial charge in [-0.15, -0.1) is 0 Å². The highest BCUT2D eigenvalue weighted by molar-refractivity contribution is 6.30. The van der Waals surface area contributed by atoms with Gasteiger partial charge in [0.1, 0.15) is 6.54 Å². The lowest BCUT2D eigenvalue weighted by molar-refractivity contribution is -0.119. The van der Waals surface area contributed by atoms with E-state index in [-0.39, 0.29) is 18.4 Å². The van der Waals surface area contributed by atoms with Gasteiger partial charge in [-0.05, 0) is 35.2 Å². The van der Waals surface area contributed by atoms with E-state index in [0.29, 0.717) is 10.6 Å². The molecule has 1 aliphatic heterocycles. The molecule has 1 N–H and O–H groups in total.